The molecule has 1 saturated heterocycles. The number of nitrogens with one attached hydrogen (secondary N) is 1. The molecular formula is C19H22N4O2. The van der Waals surface area contributed by atoms with Crippen molar-refractivity contribution in [3.8, 4) is 0 Å². The zero-order valence-electron chi connectivity index (χ0n) is 14.4. The number of carbonyl (C=O) groups excluding carboxylic acids is 1. The van der Waals surface area contributed by atoms with E-state index in [1.165, 1.54) is 0 Å². The zero-order valence-corrected chi connectivity index (χ0v) is 14.4. The van der Waals surface area contributed by atoms with Gasteiger partial charge in [0.15, 0.2) is 0 Å². The van der Waals surface area contributed by atoms with E-state index >= 15 is 0 Å². The maximum Gasteiger partial charge on any atom is 0.256 e. The van der Waals surface area contributed by atoms with Crippen LogP contribution in [-0.4, -0.2) is 49.9 Å². The molecule has 0 aliphatic carbocycles. The van der Waals surface area contributed by atoms with Crippen molar-refractivity contribution in [2.24, 2.45) is 13.0 Å². The topological polar surface area (TPSA) is 74.2 Å². The number of carbonyl (C=O) groups is 1. The highest BCUT2D eigenvalue weighted by atomic mass is 16.3. The third-order valence-corrected chi connectivity index (χ3v) is 5.05. The van der Waals surface area contributed by atoms with Crippen molar-refractivity contribution >= 4 is 16.8 Å². The smallest absolute Gasteiger partial charge is 0.256 e. The lowest BCUT2D eigenvalue weighted by Gasteiger charge is -2.15. The molecule has 0 saturated carbocycles. The number of hydrogen-bond acceptors (Lipinski definition) is 3. The minimum absolute atomic E-state index is 0.0154. The van der Waals surface area contributed by atoms with Gasteiger partial charge in [-0.2, -0.15) is 5.10 Å². The Kier molecular flexibility index (Phi) is 3.84. The van der Waals surface area contributed by atoms with Crippen LogP contribution in [0.3, 0.4) is 0 Å². The maximum atomic E-state index is 13.0. The van der Waals surface area contributed by atoms with E-state index in [0.717, 1.165) is 22.3 Å². The molecule has 1 aliphatic rings. The summed E-state index contributed by atoms with van der Waals surface area (Å²) in [7, 11) is 1.95. The molecule has 2 N–H and O–H groups in total. The van der Waals surface area contributed by atoms with Gasteiger partial charge in [-0.1, -0.05) is 18.2 Å². The molecule has 2 atom stereocenters. The Morgan fingerprint density at radius 1 is 1.36 bits per heavy atom. The number of hydrogen-bond donors (Lipinski definition) is 2. The number of aliphatic hydroxyl groups is 1. The second-order valence-corrected chi connectivity index (χ2v) is 6.95. The van der Waals surface area contributed by atoms with Crippen LogP contribution in [-0.2, 0) is 13.5 Å². The van der Waals surface area contributed by atoms with Crippen LogP contribution in [0.2, 0.25) is 0 Å². The molecular weight excluding hydrogens is 316 g/mol. The monoisotopic (exact) mass is 338 g/mol. The molecule has 25 heavy (non-hydrogen) atoms. The van der Waals surface area contributed by atoms with Crippen LogP contribution in [0, 0.1) is 12.8 Å². The van der Waals surface area contributed by atoms with Gasteiger partial charge in [-0.15, -0.1) is 0 Å². The van der Waals surface area contributed by atoms with Gasteiger partial charge in [0.05, 0.1) is 17.4 Å². The number of aromatic amines is 1. The molecule has 0 spiro atoms. The molecule has 6 heteroatoms. The van der Waals surface area contributed by atoms with Crippen molar-refractivity contribution < 1.29 is 9.90 Å². The highest BCUT2D eigenvalue weighted by molar-refractivity contribution is 6.07. The van der Waals surface area contributed by atoms with Crippen LogP contribution in [0.1, 0.15) is 21.7 Å². The first kappa shape index (κ1) is 15.9. The number of nitrogens with zero attached hydrogens (tertiary/aromatic N) is 3. The van der Waals surface area contributed by atoms with Crippen LogP contribution in [0.4, 0.5) is 0 Å². The minimum atomic E-state index is -0.518. The number of fused-ring (bicyclic) bond motifs is 1. The molecule has 1 amide bonds. The average molecular weight is 338 g/mol. The van der Waals surface area contributed by atoms with Gasteiger partial charge in [0, 0.05) is 48.8 Å². The van der Waals surface area contributed by atoms with E-state index in [9.17, 15) is 9.90 Å². The third-order valence-electron chi connectivity index (χ3n) is 5.05. The predicted octanol–water partition coefficient (Wildman–Crippen LogP) is 1.89. The first-order valence-electron chi connectivity index (χ1n) is 8.55. The van der Waals surface area contributed by atoms with Crippen LogP contribution in [0.15, 0.2) is 36.5 Å². The lowest BCUT2D eigenvalue weighted by molar-refractivity contribution is 0.0766. The van der Waals surface area contributed by atoms with Gasteiger partial charge in [0.25, 0.3) is 5.91 Å². The zero-order chi connectivity index (χ0) is 17.6. The summed E-state index contributed by atoms with van der Waals surface area (Å²) in [4.78, 5) is 14.8. The minimum Gasteiger partial charge on any atom is -0.391 e. The van der Waals surface area contributed by atoms with Gasteiger partial charge in [0.2, 0.25) is 0 Å². The summed E-state index contributed by atoms with van der Waals surface area (Å²) in [5.41, 5.74) is 3.67. The van der Waals surface area contributed by atoms with Gasteiger partial charge < -0.3 is 14.6 Å². The molecule has 3 heterocycles. The molecule has 0 radical (unpaired) electrons. The van der Waals surface area contributed by atoms with E-state index in [2.05, 4.69) is 10.2 Å². The number of benzene rings is 1. The first-order chi connectivity index (χ1) is 12.0. The average Bonchev–Trinajstić information content (AvgIpc) is 3.27. The van der Waals surface area contributed by atoms with E-state index in [0.29, 0.717) is 25.1 Å². The summed E-state index contributed by atoms with van der Waals surface area (Å²) in [6.07, 6.45) is 2.03. The Bertz CT molecular complexity index is 927. The van der Waals surface area contributed by atoms with E-state index in [1.807, 2.05) is 55.1 Å². The lowest BCUT2D eigenvalue weighted by atomic mass is 10.0. The summed E-state index contributed by atoms with van der Waals surface area (Å²) < 4.78 is 1.97. The van der Waals surface area contributed by atoms with Crippen molar-refractivity contribution in [3.63, 3.8) is 0 Å². The lowest BCUT2D eigenvalue weighted by Crippen LogP contribution is -2.29. The molecule has 0 bridgehead atoms. The Morgan fingerprint density at radius 2 is 2.16 bits per heavy atom. The Balaban J connectivity index is 1.54. The molecule has 6 nitrogen and oxygen atoms in total. The fourth-order valence-electron chi connectivity index (χ4n) is 3.75. The summed E-state index contributed by atoms with van der Waals surface area (Å²) in [5, 5.41) is 18.5. The van der Waals surface area contributed by atoms with E-state index < -0.39 is 6.10 Å². The van der Waals surface area contributed by atoms with Crippen molar-refractivity contribution in [1.29, 1.82) is 0 Å². The number of rotatable bonds is 3. The number of aromatic nitrogens is 3. The van der Waals surface area contributed by atoms with Gasteiger partial charge in [-0.05, 0) is 25.5 Å². The number of β-amino-alcohol motifs (C(OH)–C–C–N with tert-alkyl or cyclic N) is 1. The molecule has 2 aromatic heterocycles. The third kappa shape index (κ3) is 2.82. The summed E-state index contributed by atoms with van der Waals surface area (Å²) in [6.45, 7) is 2.88. The van der Waals surface area contributed by atoms with Crippen molar-refractivity contribution in [1.82, 2.24) is 19.7 Å². The second-order valence-electron chi connectivity index (χ2n) is 6.95. The number of amides is 1. The number of H-pyrrole nitrogens is 1. The fraction of sp³-hybridized carbons (Fsp3) is 0.368. The SMILES string of the molecule is Cc1cc(C[C@@H]2CN(C(=O)c3cn(C)c4ccccc34)C[C@H]2O)n[nH]1. The molecule has 0 unspecified atom stereocenters. The summed E-state index contributed by atoms with van der Waals surface area (Å²) in [6, 6.07) is 9.88. The first-order valence-corrected chi connectivity index (χ1v) is 8.55. The number of aliphatic hydroxyl groups excluding tert-OH is 1. The van der Waals surface area contributed by atoms with E-state index in [-0.39, 0.29) is 11.8 Å². The summed E-state index contributed by atoms with van der Waals surface area (Å²) in [5.74, 6) is -0.00168. The Hall–Kier alpha value is -2.60. The van der Waals surface area contributed by atoms with Gasteiger partial charge in [0.1, 0.15) is 0 Å². The largest absolute Gasteiger partial charge is 0.391 e. The van der Waals surface area contributed by atoms with Crippen LogP contribution < -0.4 is 0 Å². The fourth-order valence-corrected chi connectivity index (χ4v) is 3.75. The normalized spacial score (nSPS) is 20.5. The predicted molar refractivity (Wildman–Crippen MR) is 95.3 cm³/mol. The molecule has 1 aliphatic heterocycles. The number of aryl methyl sites for hydroxylation is 2. The van der Waals surface area contributed by atoms with Gasteiger partial charge in [-0.3, -0.25) is 9.89 Å². The highest BCUT2D eigenvalue weighted by Gasteiger charge is 2.35. The van der Waals surface area contributed by atoms with E-state index in [1.54, 1.807) is 4.90 Å². The maximum absolute atomic E-state index is 13.0. The molecule has 4 rings (SSSR count). The Labute approximate surface area is 146 Å². The van der Waals surface area contributed by atoms with Crippen molar-refractivity contribution in [2.45, 2.75) is 19.4 Å². The molecule has 1 fully saturated rings. The highest BCUT2D eigenvalue weighted by Crippen LogP contribution is 2.26. The van der Waals surface area contributed by atoms with Crippen LogP contribution in [0.25, 0.3) is 10.9 Å². The van der Waals surface area contributed by atoms with Crippen LogP contribution >= 0.6 is 0 Å². The standard InChI is InChI=1S/C19H22N4O2/c1-12-7-14(21-20-12)8-13-9-23(11-18(13)24)19(25)16-10-22(2)17-6-4-3-5-15(16)17/h3-7,10,13,18,24H,8-9,11H2,1-2H3,(H,20,21)/t13-,18-/m1/s1. The van der Waals surface area contributed by atoms with Crippen LogP contribution in [0.5, 0.6) is 0 Å². The van der Waals surface area contributed by atoms with Gasteiger partial charge >= 0.3 is 0 Å². The number of para-hydroxylation sites is 1. The Morgan fingerprint density at radius 3 is 2.92 bits per heavy atom. The van der Waals surface area contributed by atoms with Crippen molar-refractivity contribution in [3.05, 3.63) is 53.5 Å². The van der Waals surface area contributed by atoms with E-state index in [4.69, 9.17) is 0 Å². The number of likely N-dealkylation sites (tertiary alicyclic amines) is 1. The molecule has 3 aromatic rings. The molecule has 130 valence electrons. The second kappa shape index (κ2) is 6.04. The molecule has 1 aromatic carbocycles. The summed E-state index contributed by atoms with van der Waals surface area (Å²) >= 11 is 0. The van der Waals surface area contributed by atoms with Crippen molar-refractivity contribution in [2.75, 3.05) is 13.1 Å². The quantitative estimate of drug-likeness (QED) is 0.766. The van der Waals surface area contributed by atoms with Gasteiger partial charge in [-0.25, -0.2) is 0 Å².